The van der Waals surface area contributed by atoms with Gasteiger partial charge in [-0.1, -0.05) is 30.7 Å². The van der Waals surface area contributed by atoms with E-state index in [0.717, 1.165) is 12.0 Å². The maximum atomic E-state index is 12.1. The molecule has 0 aliphatic carbocycles. The molecule has 2 rings (SSSR count). The number of aryl methyl sites for hydroxylation is 1. The van der Waals surface area contributed by atoms with Crippen LogP contribution < -0.4 is 4.72 Å². The second-order valence-corrected chi connectivity index (χ2v) is 6.56. The first-order valence-corrected chi connectivity index (χ1v) is 8.20. The zero-order valence-corrected chi connectivity index (χ0v) is 12.9. The smallest absolute Gasteiger partial charge is 0.264 e. The van der Waals surface area contributed by atoms with Crippen molar-refractivity contribution in [3.63, 3.8) is 0 Å². The summed E-state index contributed by atoms with van der Waals surface area (Å²) in [5.41, 5.74) is 1.37. The Morgan fingerprint density at radius 3 is 2.14 bits per heavy atom. The Bertz CT molecular complexity index is 737. The van der Waals surface area contributed by atoms with Crippen LogP contribution in [0.5, 0.6) is 0 Å². The third-order valence-electron chi connectivity index (χ3n) is 2.98. The van der Waals surface area contributed by atoms with Crippen LogP contribution in [0.4, 0.5) is 0 Å². The fourth-order valence-electron chi connectivity index (χ4n) is 1.75. The summed E-state index contributed by atoms with van der Waals surface area (Å²) < 4.78 is 26.2. The summed E-state index contributed by atoms with van der Waals surface area (Å²) >= 11 is 5.71. The molecule has 1 N–H and O–H groups in total. The van der Waals surface area contributed by atoms with Crippen LogP contribution in [0.25, 0.3) is 0 Å². The highest BCUT2D eigenvalue weighted by Gasteiger charge is 2.18. The zero-order valence-electron chi connectivity index (χ0n) is 11.3. The molecule has 6 heteroatoms. The van der Waals surface area contributed by atoms with Gasteiger partial charge in [-0.15, -0.1) is 0 Å². The summed E-state index contributed by atoms with van der Waals surface area (Å²) in [5, 5.41) is 0.426. The number of carbonyl (C=O) groups is 1. The largest absolute Gasteiger partial charge is 0.268 e. The Hall–Kier alpha value is -1.85. The van der Waals surface area contributed by atoms with Gasteiger partial charge in [0, 0.05) is 10.6 Å². The molecule has 0 aromatic heterocycles. The van der Waals surface area contributed by atoms with Gasteiger partial charge in [0.25, 0.3) is 15.9 Å². The molecule has 0 radical (unpaired) electrons. The highest BCUT2D eigenvalue weighted by Crippen LogP contribution is 2.14. The minimum Gasteiger partial charge on any atom is -0.268 e. The van der Waals surface area contributed by atoms with E-state index in [1.165, 1.54) is 24.3 Å². The number of nitrogens with one attached hydrogen (secondary N) is 1. The van der Waals surface area contributed by atoms with Gasteiger partial charge in [0.15, 0.2) is 0 Å². The summed E-state index contributed by atoms with van der Waals surface area (Å²) in [4.78, 5) is 12.0. The Morgan fingerprint density at radius 1 is 1.05 bits per heavy atom. The number of carbonyl (C=O) groups excluding carboxylic acids is 1. The lowest BCUT2D eigenvalue weighted by molar-refractivity contribution is 0.0981. The zero-order chi connectivity index (χ0) is 15.5. The minimum atomic E-state index is -3.90. The Morgan fingerprint density at radius 2 is 1.62 bits per heavy atom. The highest BCUT2D eigenvalue weighted by molar-refractivity contribution is 7.90. The summed E-state index contributed by atoms with van der Waals surface area (Å²) in [6, 6.07) is 12.4. The van der Waals surface area contributed by atoms with Crippen molar-refractivity contribution in [2.75, 3.05) is 0 Å². The Balaban J connectivity index is 2.19. The molecule has 0 fully saturated rings. The Kier molecular flexibility index (Phi) is 4.65. The van der Waals surface area contributed by atoms with Gasteiger partial charge < -0.3 is 0 Å². The number of sulfonamides is 1. The van der Waals surface area contributed by atoms with Crippen molar-refractivity contribution in [3.8, 4) is 0 Å². The molecule has 0 heterocycles. The quantitative estimate of drug-likeness (QED) is 0.940. The van der Waals surface area contributed by atoms with E-state index in [4.69, 9.17) is 11.6 Å². The van der Waals surface area contributed by atoms with Crippen molar-refractivity contribution in [1.82, 2.24) is 4.72 Å². The van der Waals surface area contributed by atoms with Gasteiger partial charge in [-0.25, -0.2) is 13.1 Å². The summed E-state index contributed by atoms with van der Waals surface area (Å²) in [5.74, 6) is -0.660. The summed E-state index contributed by atoms with van der Waals surface area (Å²) in [7, 11) is -3.90. The molecule has 0 spiro atoms. The first-order valence-electron chi connectivity index (χ1n) is 6.34. The Labute approximate surface area is 128 Å². The second-order valence-electron chi connectivity index (χ2n) is 4.44. The van der Waals surface area contributed by atoms with Crippen LogP contribution in [0.15, 0.2) is 53.4 Å². The fraction of sp³-hybridized carbons (Fsp3) is 0.133. The molecule has 0 aliphatic heterocycles. The van der Waals surface area contributed by atoms with E-state index in [2.05, 4.69) is 0 Å². The molecule has 110 valence electrons. The molecule has 0 saturated heterocycles. The van der Waals surface area contributed by atoms with Crippen LogP contribution in [0.2, 0.25) is 5.02 Å². The molecular weight excluding hydrogens is 310 g/mol. The predicted octanol–water partition coefficient (Wildman–Crippen LogP) is 3.02. The maximum absolute atomic E-state index is 12.1. The van der Waals surface area contributed by atoms with E-state index in [1.54, 1.807) is 24.3 Å². The van der Waals surface area contributed by atoms with E-state index in [1.807, 2.05) is 11.6 Å². The lowest BCUT2D eigenvalue weighted by Gasteiger charge is -2.07. The van der Waals surface area contributed by atoms with Crippen molar-refractivity contribution >= 4 is 27.5 Å². The average Bonchev–Trinajstić information content (AvgIpc) is 2.47. The lowest BCUT2D eigenvalue weighted by Crippen LogP contribution is -2.30. The van der Waals surface area contributed by atoms with Crippen LogP contribution in [0.1, 0.15) is 22.8 Å². The molecule has 0 atom stereocenters. The first kappa shape index (κ1) is 15.5. The van der Waals surface area contributed by atoms with Gasteiger partial charge >= 0.3 is 0 Å². The van der Waals surface area contributed by atoms with Crippen molar-refractivity contribution < 1.29 is 13.2 Å². The lowest BCUT2D eigenvalue weighted by atomic mass is 10.1. The number of amides is 1. The topological polar surface area (TPSA) is 63.2 Å². The van der Waals surface area contributed by atoms with Gasteiger partial charge in [0.05, 0.1) is 4.90 Å². The monoisotopic (exact) mass is 323 g/mol. The van der Waals surface area contributed by atoms with Gasteiger partial charge in [-0.05, 0) is 48.4 Å². The summed E-state index contributed by atoms with van der Waals surface area (Å²) in [6.07, 6.45) is 0.852. The predicted molar refractivity (Wildman–Crippen MR) is 81.9 cm³/mol. The van der Waals surface area contributed by atoms with Gasteiger partial charge in [-0.3, -0.25) is 4.79 Å². The third-order valence-corrected chi connectivity index (χ3v) is 4.57. The molecule has 4 nitrogen and oxygen atoms in total. The molecule has 1 amide bonds. The SMILES string of the molecule is CCc1ccc(C(=O)NS(=O)(=O)c2ccc(Cl)cc2)cc1. The first-order chi connectivity index (χ1) is 9.92. The van der Waals surface area contributed by atoms with Crippen LogP contribution >= 0.6 is 11.6 Å². The van der Waals surface area contributed by atoms with Crippen LogP contribution in [0.3, 0.4) is 0 Å². The second kappa shape index (κ2) is 6.28. The van der Waals surface area contributed by atoms with E-state index in [9.17, 15) is 13.2 Å². The van der Waals surface area contributed by atoms with E-state index in [0.29, 0.717) is 10.6 Å². The fourth-order valence-corrected chi connectivity index (χ4v) is 2.85. The molecule has 0 unspecified atom stereocenters. The third kappa shape index (κ3) is 3.83. The number of rotatable bonds is 4. The van der Waals surface area contributed by atoms with E-state index in [-0.39, 0.29) is 4.90 Å². The van der Waals surface area contributed by atoms with E-state index >= 15 is 0 Å². The van der Waals surface area contributed by atoms with Crippen molar-refractivity contribution in [1.29, 1.82) is 0 Å². The molecule has 2 aromatic rings. The van der Waals surface area contributed by atoms with Gasteiger partial charge in [0.2, 0.25) is 0 Å². The molecule has 0 aliphatic rings. The van der Waals surface area contributed by atoms with Gasteiger partial charge in [0.1, 0.15) is 0 Å². The molecule has 0 saturated carbocycles. The van der Waals surface area contributed by atoms with Crippen molar-refractivity contribution in [2.45, 2.75) is 18.2 Å². The van der Waals surface area contributed by atoms with Crippen molar-refractivity contribution in [2.24, 2.45) is 0 Å². The van der Waals surface area contributed by atoms with E-state index < -0.39 is 15.9 Å². The number of hydrogen-bond donors (Lipinski definition) is 1. The minimum absolute atomic E-state index is 0.00886. The summed E-state index contributed by atoms with van der Waals surface area (Å²) in [6.45, 7) is 2.00. The van der Waals surface area contributed by atoms with Crippen LogP contribution in [0, 0.1) is 0 Å². The molecular formula is C15H14ClNO3S. The maximum Gasteiger partial charge on any atom is 0.264 e. The average molecular weight is 324 g/mol. The molecule has 0 bridgehead atoms. The standard InChI is InChI=1S/C15H14ClNO3S/c1-2-11-3-5-12(6-4-11)15(18)17-21(19,20)14-9-7-13(16)8-10-14/h3-10H,2H2,1H3,(H,17,18). The normalized spacial score (nSPS) is 11.1. The van der Waals surface area contributed by atoms with Crippen molar-refractivity contribution in [3.05, 3.63) is 64.7 Å². The van der Waals surface area contributed by atoms with Gasteiger partial charge in [-0.2, -0.15) is 0 Å². The highest BCUT2D eigenvalue weighted by atomic mass is 35.5. The molecule has 2 aromatic carbocycles. The molecule has 21 heavy (non-hydrogen) atoms. The number of benzene rings is 2. The van der Waals surface area contributed by atoms with Crippen LogP contribution in [-0.2, 0) is 16.4 Å². The number of hydrogen-bond acceptors (Lipinski definition) is 3. The number of halogens is 1. The van der Waals surface area contributed by atoms with Crippen LogP contribution in [-0.4, -0.2) is 14.3 Å².